The van der Waals surface area contributed by atoms with E-state index in [4.69, 9.17) is 14.5 Å². The van der Waals surface area contributed by atoms with Crippen LogP contribution in [0.15, 0.2) is 69.2 Å². The van der Waals surface area contributed by atoms with Crippen molar-refractivity contribution in [3.63, 3.8) is 0 Å². The lowest BCUT2D eigenvalue weighted by atomic mass is 10.00. The van der Waals surface area contributed by atoms with Crippen LogP contribution in [0.5, 0.6) is 0 Å². The second-order valence-electron chi connectivity index (χ2n) is 9.73. The van der Waals surface area contributed by atoms with Crippen LogP contribution in [0.4, 0.5) is 5.69 Å². The summed E-state index contributed by atoms with van der Waals surface area (Å²) in [4.78, 5) is 13.5. The summed E-state index contributed by atoms with van der Waals surface area (Å²) < 4.78 is 12.1. The van der Waals surface area contributed by atoms with Crippen molar-refractivity contribution >= 4 is 30.4 Å². The molecule has 2 N–H and O–H groups in total. The normalized spacial score (nSPS) is 25.2. The number of anilines is 1. The summed E-state index contributed by atoms with van der Waals surface area (Å²) in [6, 6.07) is 8.03. The lowest BCUT2D eigenvalue weighted by Crippen LogP contribution is -2.51. The Labute approximate surface area is 225 Å². The predicted octanol–water partition coefficient (Wildman–Crippen LogP) is 3.76. The SMILES string of the molecule is C=NC1=C(/C=C\C)OC2C=C(c3ccc(N/N=C\C)cc3)C=NC2N1CC(O)CN1CCOCC(CC)C1. The van der Waals surface area contributed by atoms with E-state index in [0.717, 1.165) is 42.9 Å². The molecule has 0 spiro atoms. The molecule has 9 heteroatoms. The molecule has 204 valence electrons. The molecule has 3 aliphatic heterocycles. The summed E-state index contributed by atoms with van der Waals surface area (Å²) in [6.07, 6.45) is 9.25. The minimum absolute atomic E-state index is 0.336. The molecule has 0 aromatic heterocycles. The summed E-state index contributed by atoms with van der Waals surface area (Å²) in [5, 5.41) is 15.3. The zero-order chi connectivity index (χ0) is 26.9. The molecular formula is C29H40N6O3. The summed E-state index contributed by atoms with van der Waals surface area (Å²) >= 11 is 0. The van der Waals surface area contributed by atoms with Gasteiger partial charge in [0, 0.05) is 38.6 Å². The topological polar surface area (TPSA) is 94.3 Å². The average molecular weight is 521 g/mol. The Hall–Kier alpha value is -3.27. The first-order valence-corrected chi connectivity index (χ1v) is 13.4. The lowest BCUT2D eigenvalue weighted by molar-refractivity contribution is 0.00679. The number of aliphatic hydroxyl groups is 1. The van der Waals surface area contributed by atoms with E-state index in [-0.39, 0.29) is 12.3 Å². The highest BCUT2D eigenvalue weighted by molar-refractivity contribution is 6.10. The molecule has 0 radical (unpaired) electrons. The first kappa shape index (κ1) is 27.8. The monoisotopic (exact) mass is 520 g/mol. The quantitative estimate of drug-likeness (QED) is 0.360. The van der Waals surface area contributed by atoms with Gasteiger partial charge in [0.25, 0.3) is 0 Å². The number of fused-ring (bicyclic) bond motifs is 1. The third-order valence-electron chi connectivity index (χ3n) is 6.96. The van der Waals surface area contributed by atoms with Crippen LogP contribution in [0.25, 0.3) is 5.57 Å². The van der Waals surface area contributed by atoms with Crippen LogP contribution in [-0.2, 0) is 9.47 Å². The van der Waals surface area contributed by atoms with E-state index in [0.29, 0.717) is 37.2 Å². The minimum atomic E-state index is -0.598. The number of nitrogens with one attached hydrogen (secondary N) is 1. The van der Waals surface area contributed by atoms with Crippen molar-refractivity contribution in [2.75, 3.05) is 44.8 Å². The largest absolute Gasteiger partial charge is 0.478 e. The van der Waals surface area contributed by atoms with Crippen molar-refractivity contribution < 1.29 is 14.6 Å². The van der Waals surface area contributed by atoms with E-state index in [2.05, 4.69) is 40.1 Å². The number of benzene rings is 1. The maximum Gasteiger partial charge on any atom is 0.172 e. The molecule has 1 fully saturated rings. The van der Waals surface area contributed by atoms with Crippen molar-refractivity contribution in [2.45, 2.75) is 45.6 Å². The maximum atomic E-state index is 11.2. The second kappa shape index (κ2) is 13.5. The highest BCUT2D eigenvalue weighted by Crippen LogP contribution is 2.33. The van der Waals surface area contributed by atoms with E-state index in [1.54, 1.807) is 6.21 Å². The molecule has 0 saturated carbocycles. The fourth-order valence-electron chi connectivity index (χ4n) is 4.99. The Kier molecular flexibility index (Phi) is 9.86. The molecule has 0 bridgehead atoms. The van der Waals surface area contributed by atoms with Crippen LogP contribution in [0.2, 0.25) is 0 Å². The van der Waals surface area contributed by atoms with Gasteiger partial charge in [-0.2, -0.15) is 5.10 Å². The predicted molar refractivity (Wildman–Crippen MR) is 155 cm³/mol. The summed E-state index contributed by atoms with van der Waals surface area (Å²) in [5.74, 6) is 1.70. The molecule has 0 aliphatic carbocycles. The summed E-state index contributed by atoms with van der Waals surface area (Å²) in [6.45, 7) is 13.9. The number of nitrogens with zero attached hydrogens (tertiary/aromatic N) is 5. The van der Waals surface area contributed by atoms with Gasteiger partial charge in [-0.25, -0.2) is 4.99 Å². The maximum absolute atomic E-state index is 11.2. The van der Waals surface area contributed by atoms with Crippen LogP contribution < -0.4 is 5.43 Å². The van der Waals surface area contributed by atoms with Crippen molar-refractivity contribution in [2.24, 2.45) is 21.0 Å². The third kappa shape index (κ3) is 6.78. The van der Waals surface area contributed by atoms with Crippen LogP contribution in [0, 0.1) is 5.92 Å². The number of rotatable bonds is 10. The highest BCUT2D eigenvalue weighted by atomic mass is 16.5. The Morgan fingerprint density at radius 1 is 1.26 bits per heavy atom. The van der Waals surface area contributed by atoms with Crippen LogP contribution >= 0.6 is 0 Å². The van der Waals surface area contributed by atoms with Gasteiger partial charge in [-0.05, 0) is 68.3 Å². The van der Waals surface area contributed by atoms with Gasteiger partial charge in [0.1, 0.15) is 0 Å². The number of β-amino-alcohol motifs (C(OH)–C–C–N with tert-alkyl or cyclic N) is 1. The molecule has 4 unspecified atom stereocenters. The van der Waals surface area contributed by atoms with Crippen LogP contribution in [0.3, 0.4) is 0 Å². The van der Waals surface area contributed by atoms with Gasteiger partial charge >= 0.3 is 0 Å². The molecule has 3 aliphatic rings. The average Bonchev–Trinajstić information content (AvgIpc) is 3.17. The van der Waals surface area contributed by atoms with Gasteiger partial charge in [0.15, 0.2) is 23.8 Å². The number of hydrogen-bond donors (Lipinski definition) is 2. The Morgan fingerprint density at radius 2 is 2.08 bits per heavy atom. The Balaban J connectivity index is 1.53. The molecule has 3 heterocycles. The van der Waals surface area contributed by atoms with E-state index < -0.39 is 6.10 Å². The molecule has 4 rings (SSSR count). The number of ether oxygens (including phenoxy) is 2. The minimum Gasteiger partial charge on any atom is -0.478 e. The van der Waals surface area contributed by atoms with Crippen molar-refractivity contribution in [1.82, 2.24) is 9.80 Å². The number of aliphatic hydroxyl groups excluding tert-OH is 1. The number of hydrazone groups is 1. The fourth-order valence-corrected chi connectivity index (χ4v) is 4.99. The Bertz CT molecular complexity index is 1090. The zero-order valence-corrected chi connectivity index (χ0v) is 22.7. The van der Waals surface area contributed by atoms with Gasteiger partial charge in [0.05, 0.1) is 25.0 Å². The van der Waals surface area contributed by atoms with Crippen molar-refractivity contribution in [3.05, 3.63) is 59.6 Å². The highest BCUT2D eigenvalue weighted by Gasteiger charge is 2.38. The number of dihydropyridines is 1. The summed E-state index contributed by atoms with van der Waals surface area (Å²) in [5.41, 5.74) is 5.90. The van der Waals surface area contributed by atoms with Gasteiger partial charge < -0.3 is 19.5 Å². The van der Waals surface area contributed by atoms with E-state index in [9.17, 15) is 5.11 Å². The molecule has 1 saturated heterocycles. The molecular weight excluding hydrogens is 480 g/mol. The number of hydrogen-bond acceptors (Lipinski definition) is 9. The van der Waals surface area contributed by atoms with Gasteiger partial charge in [-0.3, -0.25) is 15.3 Å². The smallest absolute Gasteiger partial charge is 0.172 e. The van der Waals surface area contributed by atoms with Gasteiger partial charge in [-0.1, -0.05) is 25.1 Å². The van der Waals surface area contributed by atoms with Gasteiger partial charge in [0.2, 0.25) is 0 Å². The van der Waals surface area contributed by atoms with Crippen molar-refractivity contribution in [3.8, 4) is 0 Å². The van der Waals surface area contributed by atoms with E-state index in [1.165, 1.54) is 0 Å². The van der Waals surface area contributed by atoms with E-state index >= 15 is 0 Å². The van der Waals surface area contributed by atoms with Crippen LogP contribution in [0.1, 0.15) is 32.8 Å². The third-order valence-corrected chi connectivity index (χ3v) is 6.96. The summed E-state index contributed by atoms with van der Waals surface area (Å²) in [7, 11) is 0. The molecule has 4 atom stereocenters. The molecule has 1 aromatic carbocycles. The second-order valence-corrected chi connectivity index (χ2v) is 9.73. The zero-order valence-electron chi connectivity index (χ0n) is 22.7. The lowest BCUT2D eigenvalue weighted by Gasteiger charge is -2.42. The number of allylic oxidation sites excluding steroid dienone is 3. The Morgan fingerprint density at radius 3 is 2.79 bits per heavy atom. The molecule has 1 aromatic rings. The van der Waals surface area contributed by atoms with Crippen molar-refractivity contribution in [1.29, 1.82) is 0 Å². The fraction of sp³-hybridized carbons (Fsp3) is 0.483. The number of aliphatic imine (C=N–C) groups is 2. The first-order valence-electron chi connectivity index (χ1n) is 13.4. The standard InChI is InChI=1S/C29H40N6O3/c1-5-8-26-28(30-4)35(19-25(36)18-34-13-14-37-20-21(6-2)17-34)29-27(38-26)15-23(16-31-29)22-9-11-24(12-10-22)33-32-7-3/h5,7-12,15-16,21,25,27,29,33,36H,4,6,13-14,17-20H2,1-3H3/b8-5-,32-7-. The van der Waals surface area contributed by atoms with E-state index in [1.807, 2.05) is 61.4 Å². The molecule has 9 nitrogen and oxygen atoms in total. The first-order chi connectivity index (χ1) is 18.6. The van der Waals surface area contributed by atoms with Crippen LogP contribution in [-0.4, -0.2) is 91.8 Å². The molecule has 0 amide bonds. The molecule has 38 heavy (non-hydrogen) atoms. The van der Waals surface area contributed by atoms with Gasteiger partial charge in [-0.15, -0.1) is 0 Å².